The Morgan fingerprint density at radius 3 is 2.53 bits per heavy atom. The third kappa shape index (κ3) is 2.44. The molecule has 3 aromatic carbocycles. The molecule has 2 saturated heterocycles. The number of carbonyl (C=O) groups is 2. The number of amides is 2. The average molecular weight is 504 g/mol. The van der Waals surface area contributed by atoms with Crippen molar-refractivity contribution < 1.29 is 9.59 Å². The Balaban J connectivity index is 1.35. The maximum absolute atomic E-state index is 13.9. The quantitative estimate of drug-likeness (QED) is 0.438. The van der Waals surface area contributed by atoms with Gasteiger partial charge in [-0.15, -0.1) is 0 Å². The normalized spacial score (nSPS) is 30.4. The molecule has 188 valence electrons. The number of nitrogens with one attached hydrogen (secondary N) is 2. The third-order valence-corrected chi connectivity index (χ3v) is 9.20. The summed E-state index contributed by atoms with van der Waals surface area (Å²) >= 11 is 0. The van der Waals surface area contributed by atoms with Crippen molar-refractivity contribution in [3.05, 3.63) is 106 Å². The van der Waals surface area contributed by atoms with Crippen molar-refractivity contribution in [2.24, 2.45) is 0 Å². The molecule has 2 N–H and O–H groups in total. The second kappa shape index (κ2) is 7.17. The summed E-state index contributed by atoms with van der Waals surface area (Å²) in [5.41, 5.74) is 1.57. The topological polar surface area (TPSA) is 96.3 Å². The summed E-state index contributed by atoms with van der Waals surface area (Å²) in [6.45, 7) is 1.96. The highest BCUT2D eigenvalue weighted by Crippen LogP contribution is 2.62. The minimum absolute atomic E-state index is 0.0170. The lowest BCUT2D eigenvalue weighted by atomic mass is 9.57. The molecule has 0 aliphatic carbocycles. The minimum atomic E-state index is -1.04. The second-order valence-electron chi connectivity index (χ2n) is 11.0. The minimum Gasteiger partial charge on any atom is -0.341 e. The molecule has 5 atom stereocenters. The lowest BCUT2D eigenvalue weighted by molar-refractivity contribution is -0.137. The van der Waals surface area contributed by atoms with Crippen LogP contribution in [0.3, 0.4) is 0 Å². The van der Waals surface area contributed by atoms with Gasteiger partial charge < -0.3 is 5.32 Å². The molecule has 6 heterocycles. The summed E-state index contributed by atoms with van der Waals surface area (Å²) in [5.74, 6) is 0.365. The first-order valence-electron chi connectivity index (χ1n) is 13.0. The smallest absolute Gasteiger partial charge is 0.262 e. The van der Waals surface area contributed by atoms with E-state index < -0.39 is 29.2 Å². The first-order valence-corrected chi connectivity index (χ1v) is 13.0. The van der Waals surface area contributed by atoms with Gasteiger partial charge in [0.05, 0.1) is 22.4 Å². The SMILES string of the molecule is C[C@@]12NC(=O)[C@@H](C[C@@]13c1ccccc1N1C(=O)[C@@H](Cc4ccccc4)N[C@@H]13)n1c2nc2ccccc2c1=O. The highest BCUT2D eigenvalue weighted by Gasteiger charge is 2.72. The number of hydrogen-bond donors (Lipinski definition) is 2. The Bertz CT molecular complexity index is 1750. The van der Waals surface area contributed by atoms with E-state index in [2.05, 4.69) is 16.7 Å². The molecule has 2 fully saturated rings. The molecule has 1 spiro atoms. The third-order valence-electron chi connectivity index (χ3n) is 9.20. The molecule has 0 saturated carbocycles. The van der Waals surface area contributed by atoms with Crippen LogP contribution in [0.1, 0.15) is 36.3 Å². The van der Waals surface area contributed by atoms with E-state index >= 15 is 0 Å². The molecule has 1 aromatic heterocycles. The van der Waals surface area contributed by atoms with Crippen molar-refractivity contribution in [1.82, 2.24) is 20.2 Å². The summed E-state index contributed by atoms with van der Waals surface area (Å²) in [6.07, 6.45) is 0.557. The van der Waals surface area contributed by atoms with E-state index in [0.29, 0.717) is 29.6 Å². The zero-order chi connectivity index (χ0) is 25.8. The lowest BCUT2D eigenvalue weighted by Crippen LogP contribution is -2.75. The van der Waals surface area contributed by atoms with Crippen LogP contribution >= 0.6 is 0 Å². The number of anilines is 1. The van der Waals surface area contributed by atoms with E-state index in [1.165, 1.54) is 0 Å². The number of piperidine rings is 1. The van der Waals surface area contributed by atoms with Crippen LogP contribution in [0.2, 0.25) is 0 Å². The standard InChI is InChI=1S/C30H25N5O3/c1-29-27-31-20-13-7-5-11-18(20)25(37)35(27)23(24(36)33-29)16-30(29)19-12-6-8-14-22(19)34-26(38)21(32-28(30)34)15-17-9-3-2-4-10-17/h2-14,21,23,28,32H,15-16H2,1H3,(H,33,36)/t21-,23-,28+,29+,30+/m1/s1. The van der Waals surface area contributed by atoms with E-state index in [1.807, 2.05) is 78.6 Å². The van der Waals surface area contributed by atoms with Crippen LogP contribution in [0.15, 0.2) is 83.7 Å². The monoisotopic (exact) mass is 503 g/mol. The van der Waals surface area contributed by atoms with E-state index in [9.17, 15) is 14.4 Å². The van der Waals surface area contributed by atoms with Crippen LogP contribution in [-0.4, -0.2) is 33.6 Å². The fourth-order valence-electron chi connectivity index (χ4n) is 7.52. The Morgan fingerprint density at radius 1 is 0.947 bits per heavy atom. The first-order chi connectivity index (χ1) is 18.4. The van der Waals surface area contributed by atoms with E-state index in [1.54, 1.807) is 10.6 Å². The molecule has 38 heavy (non-hydrogen) atoms. The highest BCUT2D eigenvalue weighted by molar-refractivity contribution is 6.04. The number of carbonyl (C=O) groups excluding carboxylic acids is 2. The Hall–Kier alpha value is -4.30. The zero-order valence-electron chi connectivity index (χ0n) is 20.7. The highest BCUT2D eigenvalue weighted by atomic mass is 16.2. The Labute approximate surface area is 218 Å². The molecule has 8 nitrogen and oxygen atoms in total. The first kappa shape index (κ1) is 21.8. The molecular weight excluding hydrogens is 478 g/mol. The van der Waals surface area contributed by atoms with Crippen LogP contribution in [-0.2, 0) is 27.0 Å². The zero-order valence-corrected chi connectivity index (χ0v) is 20.7. The number of nitrogens with zero attached hydrogens (tertiary/aromatic N) is 3. The number of aromatic nitrogens is 2. The van der Waals surface area contributed by atoms with Crippen molar-refractivity contribution in [1.29, 1.82) is 0 Å². The van der Waals surface area contributed by atoms with Gasteiger partial charge in [0.15, 0.2) is 0 Å². The maximum atomic E-state index is 13.9. The molecule has 5 aliphatic heterocycles. The van der Waals surface area contributed by atoms with Gasteiger partial charge in [-0.25, -0.2) is 4.98 Å². The molecular formula is C30H25N5O3. The fourth-order valence-corrected chi connectivity index (χ4v) is 7.52. The van der Waals surface area contributed by atoms with Crippen LogP contribution < -0.4 is 21.1 Å². The predicted molar refractivity (Wildman–Crippen MR) is 142 cm³/mol. The van der Waals surface area contributed by atoms with Crippen molar-refractivity contribution in [2.75, 3.05) is 4.90 Å². The molecule has 0 radical (unpaired) electrons. The van der Waals surface area contributed by atoms with Gasteiger partial charge in [0.1, 0.15) is 23.6 Å². The van der Waals surface area contributed by atoms with Gasteiger partial charge in [0, 0.05) is 5.69 Å². The van der Waals surface area contributed by atoms with Gasteiger partial charge in [-0.05, 0) is 49.1 Å². The molecule has 4 aromatic rings. The summed E-state index contributed by atoms with van der Waals surface area (Å²) in [7, 11) is 0. The number of rotatable bonds is 2. The van der Waals surface area contributed by atoms with Crippen molar-refractivity contribution in [2.45, 2.75) is 49.0 Å². The van der Waals surface area contributed by atoms with Crippen molar-refractivity contribution in [3.8, 4) is 0 Å². The fraction of sp³-hybridized carbons (Fsp3) is 0.267. The molecule has 8 heteroatoms. The van der Waals surface area contributed by atoms with Crippen LogP contribution in [0.5, 0.6) is 0 Å². The largest absolute Gasteiger partial charge is 0.341 e. The molecule has 0 unspecified atom stereocenters. The summed E-state index contributed by atoms with van der Waals surface area (Å²) in [4.78, 5) is 47.9. The van der Waals surface area contributed by atoms with E-state index in [-0.39, 0.29) is 17.4 Å². The number of fused-ring (bicyclic) bond motifs is 5. The van der Waals surface area contributed by atoms with Crippen LogP contribution in [0, 0.1) is 0 Å². The summed E-state index contributed by atoms with van der Waals surface area (Å²) in [6, 6.07) is 24.1. The number of benzene rings is 3. The van der Waals surface area contributed by atoms with Crippen LogP contribution in [0.4, 0.5) is 5.69 Å². The molecule has 5 aliphatic rings. The number of hydrogen-bond acceptors (Lipinski definition) is 5. The van der Waals surface area contributed by atoms with Gasteiger partial charge in [-0.2, -0.15) is 0 Å². The van der Waals surface area contributed by atoms with Gasteiger partial charge >= 0.3 is 0 Å². The van der Waals surface area contributed by atoms with Crippen molar-refractivity contribution in [3.63, 3.8) is 0 Å². The lowest BCUT2D eigenvalue weighted by Gasteiger charge is -2.58. The maximum Gasteiger partial charge on any atom is 0.262 e. The summed E-state index contributed by atoms with van der Waals surface area (Å²) in [5, 5.41) is 7.44. The second-order valence-corrected chi connectivity index (χ2v) is 11.0. The van der Waals surface area contributed by atoms with E-state index in [0.717, 1.165) is 16.8 Å². The van der Waals surface area contributed by atoms with Gasteiger partial charge in [0.25, 0.3) is 5.56 Å². The average Bonchev–Trinajstić information content (AvgIpc) is 3.39. The van der Waals surface area contributed by atoms with Gasteiger partial charge in [-0.1, -0.05) is 60.7 Å². The molecule has 2 amide bonds. The molecule has 9 rings (SSSR count). The van der Waals surface area contributed by atoms with Gasteiger partial charge in [0.2, 0.25) is 11.8 Å². The summed E-state index contributed by atoms with van der Waals surface area (Å²) < 4.78 is 1.59. The van der Waals surface area contributed by atoms with E-state index in [4.69, 9.17) is 4.98 Å². The number of para-hydroxylation sites is 2. The predicted octanol–water partition coefficient (Wildman–Crippen LogP) is 2.51. The van der Waals surface area contributed by atoms with Crippen LogP contribution in [0.25, 0.3) is 10.9 Å². The Morgan fingerprint density at radius 2 is 1.68 bits per heavy atom. The molecule has 2 bridgehead atoms. The Kier molecular flexibility index (Phi) is 4.10. The van der Waals surface area contributed by atoms with Gasteiger partial charge in [-0.3, -0.25) is 29.2 Å². The van der Waals surface area contributed by atoms with Crippen molar-refractivity contribution >= 4 is 28.4 Å².